The van der Waals surface area contributed by atoms with Crippen molar-refractivity contribution >= 4 is 11.8 Å². The molecule has 67 valence electrons. The van der Waals surface area contributed by atoms with Gasteiger partial charge in [-0.25, -0.2) is 0 Å². The molecule has 1 rings (SSSR count). The molecule has 0 spiro atoms. The van der Waals surface area contributed by atoms with Crippen LogP contribution in [0.2, 0.25) is 0 Å². The fourth-order valence-corrected chi connectivity index (χ4v) is 1.93. The number of allylic oxidation sites excluding steroid dienone is 4. The van der Waals surface area contributed by atoms with E-state index in [1.165, 1.54) is 18.6 Å². The Bertz CT molecular complexity index is 178. The molecule has 0 aromatic heterocycles. The molecule has 0 saturated heterocycles. The van der Waals surface area contributed by atoms with Gasteiger partial charge >= 0.3 is 78.7 Å². The van der Waals surface area contributed by atoms with E-state index in [-0.39, 0.29) is 24.8 Å². The Morgan fingerprint density at radius 3 is 2.58 bits per heavy atom. The van der Waals surface area contributed by atoms with Crippen LogP contribution in [0.25, 0.3) is 0 Å². The quantitative estimate of drug-likeness (QED) is 0.474. The van der Waals surface area contributed by atoms with E-state index >= 15 is 0 Å². The van der Waals surface area contributed by atoms with Crippen LogP contribution in [0, 0.1) is 0 Å². The molecule has 0 fully saturated rings. The van der Waals surface area contributed by atoms with E-state index in [4.69, 9.17) is 0 Å². The summed E-state index contributed by atoms with van der Waals surface area (Å²) in [5.74, 6) is 1.26. The van der Waals surface area contributed by atoms with Gasteiger partial charge in [-0.1, -0.05) is 0 Å². The van der Waals surface area contributed by atoms with Gasteiger partial charge in [0.25, 0.3) is 0 Å². The summed E-state index contributed by atoms with van der Waals surface area (Å²) in [5, 5.41) is 0. The number of hydrogen-bond donors (Lipinski definition) is 0. The first-order valence-corrected chi connectivity index (χ1v) is 5.61. The second-order valence-corrected chi connectivity index (χ2v) is 4.28. The Hall–Kier alpha value is 1.12. The molecule has 0 atom stereocenters. The first-order chi connectivity index (χ1) is 4.84. The second-order valence-electron chi connectivity index (χ2n) is 2.35. The second kappa shape index (κ2) is 8.71. The fourth-order valence-electron chi connectivity index (χ4n) is 0.997. The van der Waals surface area contributed by atoms with Crippen LogP contribution in [0.15, 0.2) is 21.6 Å². The monoisotopic (exact) mass is 257 g/mol. The normalized spacial score (nSPS) is 14.2. The summed E-state index contributed by atoms with van der Waals surface area (Å²) in [6.07, 6.45) is 9.12. The zero-order valence-electron chi connectivity index (χ0n) is 6.94. The largest absolute Gasteiger partial charge is 1.00 e. The number of halogens is 2. The Kier molecular flexibility index (Phi) is 11.3. The third kappa shape index (κ3) is 4.98. The van der Waals surface area contributed by atoms with Crippen LogP contribution in [-0.2, 0) is 20.4 Å². The molecule has 0 aromatic carbocycles. The first-order valence-electron chi connectivity index (χ1n) is 3.43. The maximum Gasteiger partial charge on any atom is -1.00 e. The molecule has 1 aliphatic carbocycles. The van der Waals surface area contributed by atoms with Crippen LogP contribution < -0.4 is 24.8 Å². The van der Waals surface area contributed by atoms with Gasteiger partial charge < -0.3 is 24.8 Å². The summed E-state index contributed by atoms with van der Waals surface area (Å²) in [6, 6.07) is 0. The van der Waals surface area contributed by atoms with Crippen LogP contribution in [0.3, 0.4) is 0 Å². The van der Waals surface area contributed by atoms with E-state index in [1.54, 1.807) is 9.45 Å². The van der Waals surface area contributed by atoms with Gasteiger partial charge in [0.05, 0.1) is 0 Å². The summed E-state index contributed by atoms with van der Waals surface area (Å²) in [6.45, 7) is 0. The van der Waals surface area contributed by atoms with Gasteiger partial charge in [-0.3, -0.25) is 0 Å². The third-order valence-electron chi connectivity index (χ3n) is 1.60. The van der Waals surface area contributed by atoms with Crippen molar-refractivity contribution in [2.24, 2.45) is 0 Å². The van der Waals surface area contributed by atoms with Crippen LogP contribution >= 0.6 is 11.8 Å². The van der Waals surface area contributed by atoms with Crippen molar-refractivity contribution < 1.29 is 45.2 Å². The van der Waals surface area contributed by atoms with Gasteiger partial charge in [0.2, 0.25) is 0 Å². The molecule has 12 heavy (non-hydrogen) atoms. The van der Waals surface area contributed by atoms with Crippen molar-refractivity contribution in [1.82, 2.24) is 0 Å². The third-order valence-corrected chi connectivity index (χ3v) is 3.04. The molecule has 0 amide bonds. The summed E-state index contributed by atoms with van der Waals surface area (Å²) in [7, 11) is 0. The molecule has 0 aliphatic heterocycles. The molecule has 0 aromatic rings. The van der Waals surface area contributed by atoms with Gasteiger partial charge in [-0.15, -0.1) is 0 Å². The topological polar surface area (TPSA) is 0 Å². The van der Waals surface area contributed by atoms with E-state index in [2.05, 4.69) is 38.8 Å². The standard InChI is InChI=1S/C8H11S.2ClH.Ti/c1-9-7-6-8-4-2-3-5-8;;;/h2,4H,3,6-7H2,1H3;2*1H;/q;;;+2/p-2. The minimum Gasteiger partial charge on any atom is -1.00 e. The summed E-state index contributed by atoms with van der Waals surface area (Å²) in [5.41, 5.74) is 1.56. The minimum atomic E-state index is 0. The van der Waals surface area contributed by atoms with Gasteiger partial charge in [-0.2, -0.15) is 0 Å². The number of rotatable bonds is 3. The van der Waals surface area contributed by atoms with E-state index in [0.29, 0.717) is 0 Å². The first kappa shape index (κ1) is 15.6. The molecule has 1 aliphatic rings. The van der Waals surface area contributed by atoms with Gasteiger partial charge in [0.1, 0.15) is 0 Å². The molecule has 0 bridgehead atoms. The molecule has 0 saturated carbocycles. The summed E-state index contributed by atoms with van der Waals surface area (Å²) in [4.78, 5) is 0. The predicted octanol–water partition coefficient (Wildman–Crippen LogP) is -3.49. The van der Waals surface area contributed by atoms with E-state index < -0.39 is 0 Å². The molecule has 0 unspecified atom stereocenters. The van der Waals surface area contributed by atoms with E-state index in [0.717, 1.165) is 0 Å². The van der Waals surface area contributed by atoms with Crippen molar-refractivity contribution in [3.63, 3.8) is 0 Å². The van der Waals surface area contributed by atoms with Gasteiger partial charge in [-0.05, 0) is 0 Å². The van der Waals surface area contributed by atoms with Crippen LogP contribution in [0.4, 0.5) is 0 Å². The molecule has 0 heterocycles. The Morgan fingerprint density at radius 2 is 2.17 bits per heavy atom. The predicted molar refractivity (Wildman–Crippen MR) is 43.8 cm³/mol. The smallest absolute Gasteiger partial charge is 1.00 e. The number of hydrogen-bond acceptors (Lipinski definition) is 1. The van der Waals surface area contributed by atoms with Gasteiger partial charge in [0.15, 0.2) is 0 Å². The maximum absolute atomic E-state index is 2.27. The van der Waals surface area contributed by atoms with Crippen molar-refractivity contribution in [1.29, 1.82) is 0 Å². The average molecular weight is 258 g/mol. The maximum atomic E-state index is 2.27. The van der Waals surface area contributed by atoms with E-state index in [1.807, 2.05) is 11.8 Å². The minimum absolute atomic E-state index is 0. The van der Waals surface area contributed by atoms with Crippen molar-refractivity contribution in [3.8, 4) is 0 Å². The molecular weight excluding hydrogens is 247 g/mol. The van der Waals surface area contributed by atoms with Crippen molar-refractivity contribution in [2.75, 3.05) is 12.0 Å². The van der Waals surface area contributed by atoms with E-state index in [9.17, 15) is 0 Å². The van der Waals surface area contributed by atoms with Crippen molar-refractivity contribution in [2.45, 2.75) is 12.8 Å². The van der Waals surface area contributed by atoms with Crippen molar-refractivity contribution in [3.05, 3.63) is 21.6 Å². The zero-order valence-corrected chi connectivity index (χ0v) is 10.8. The SMILES string of the molecule is CSCCC1=[C]([Ti+2])CC=C1.[Cl-].[Cl-]. The molecule has 0 radical (unpaired) electrons. The molecular formula is C8H11Cl2STi. The van der Waals surface area contributed by atoms with Crippen LogP contribution in [-0.4, -0.2) is 12.0 Å². The summed E-state index contributed by atoms with van der Waals surface area (Å²) >= 11 is 4.15. The Balaban J connectivity index is 0. The number of thioether (sulfide) groups is 1. The molecule has 0 N–H and O–H groups in total. The Labute approximate surface area is 103 Å². The van der Waals surface area contributed by atoms with Crippen LogP contribution in [0.5, 0.6) is 0 Å². The average Bonchev–Trinajstić information content (AvgIpc) is 2.31. The molecule has 0 nitrogen and oxygen atoms in total. The van der Waals surface area contributed by atoms with Gasteiger partial charge in [0, 0.05) is 0 Å². The summed E-state index contributed by atoms with van der Waals surface area (Å²) < 4.78 is 1.56. The zero-order chi connectivity index (χ0) is 7.40. The molecule has 4 heteroatoms. The van der Waals surface area contributed by atoms with Crippen LogP contribution in [0.1, 0.15) is 12.8 Å². The Morgan fingerprint density at radius 1 is 1.50 bits per heavy atom. The fraction of sp³-hybridized carbons (Fsp3) is 0.500.